The van der Waals surface area contributed by atoms with Crippen molar-refractivity contribution < 1.29 is 19.1 Å². The van der Waals surface area contributed by atoms with Crippen LogP contribution in [0.2, 0.25) is 0 Å². The van der Waals surface area contributed by atoms with E-state index in [9.17, 15) is 9.59 Å². The molecule has 0 bridgehead atoms. The lowest BCUT2D eigenvalue weighted by atomic mass is 10.1. The fourth-order valence-corrected chi connectivity index (χ4v) is 2.35. The van der Waals surface area contributed by atoms with Gasteiger partial charge in [0.1, 0.15) is 18.1 Å². The van der Waals surface area contributed by atoms with Gasteiger partial charge in [0.15, 0.2) is 11.5 Å². The largest absolute Gasteiger partial charge is 0.486 e. The van der Waals surface area contributed by atoms with Gasteiger partial charge < -0.3 is 9.47 Å². The molecule has 1 aliphatic heterocycles. The number of aryl methyl sites for hydroxylation is 1. The molecule has 1 heterocycles. The Labute approximate surface area is 134 Å². The molecule has 0 amide bonds. The Morgan fingerprint density at radius 3 is 2.78 bits per heavy atom. The quantitative estimate of drug-likeness (QED) is 0.810. The number of ketones is 2. The van der Waals surface area contributed by atoms with Crippen LogP contribution in [-0.4, -0.2) is 18.2 Å². The van der Waals surface area contributed by atoms with Crippen LogP contribution in [0.25, 0.3) is 6.08 Å². The first-order valence-corrected chi connectivity index (χ1v) is 7.30. The number of benzene rings is 2. The number of rotatable bonds is 4. The summed E-state index contributed by atoms with van der Waals surface area (Å²) in [5.74, 6) is 1.02. The maximum absolute atomic E-state index is 12.4. The molecule has 23 heavy (non-hydrogen) atoms. The summed E-state index contributed by atoms with van der Waals surface area (Å²) in [5, 5.41) is 0. The van der Waals surface area contributed by atoms with E-state index in [-0.39, 0.29) is 23.9 Å². The molecule has 116 valence electrons. The summed E-state index contributed by atoms with van der Waals surface area (Å²) in [7, 11) is 0. The van der Waals surface area contributed by atoms with Gasteiger partial charge in [-0.25, -0.2) is 0 Å². The summed E-state index contributed by atoms with van der Waals surface area (Å²) >= 11 is 0. The molecule has 4 heteroatoms. The molecule has 0 spiro atoms. The molecule has 1 aliphatic rings. The number of Topliss-reactive ketones (excluding diaryl/α,β-unsaturated/α-hetero) is 2. The molecule has 0 unspecified atom stereocenters. The third-order valence-electron chi connectivity index (χ3n) is 3.42. The second-order valence-corrected chi connectivity index (χ2v) is 5.50. The average Bonchev–Trinajstić information content (AvgIpc) is 2.81. The summed E-state index contributed by atoms with van der Waals surface area (Å²) in [6.45, 7) is 3.45. The molecule has 3 rings (SSSR count). The van der Waals surface area contributed by atoms with Crippen molar-refractivity contribution in [2.75, 3.05) is 6.61 Å². The van der Waals surface area contributed by atoms with Crippen molar-refractivity contribution in [3.05, 3.63) is 64.9 Å². The second kappa shape index (κ2) is 6.08. The van der Waals surface area contributed by atoms with Gasteiger partial charge in [-0.05, 0) is 37.6 Å². The second-order valence-electron chi connectivity index (χ2n) is 5.50. The van der Waals surface area contributed by atoms with Gasteiger partial charge in [0.05, 0.1) is 5.56 Å². The maximum atomic E-state index is 12.4. The smallest absolute Gasteiger partial charge is 0.231 e. The van der Waals surface area contributed by atoms with E-state index >= 15 is 0 Å². The molecule has 0 N–H and O–H groups in total. The van der Waals surface area contributed by atoms with Gasteiger partial charge in [0.2, 0.25) is 5.78 Å². The Hall–Kier alpha value is -2.88. The van der Waals surface area contributed by atoms with Crippen molar-refractivity contribution in [2.45, 2.75) is 13.8 Å². The van der Waals surface area contributed by atoms with Crippen LogP contribution in [0, 0.1) is 6.92 Å². The van der Waals surface area contributed by atoms with Gasteiger partial charge >= 0.3 is 0 Å². The van der Waals surface area contributed by atoms with Gasteiger partial charge in [-0.3, -0.25) is 9.59 Å². The van der Waals surface area contributed by atoms with Gasteiger partial charge in [-0.2, -0.15) is 0 Å². The predicted octanol–water partition coefficient (Wildman–Crippen LogP) is 3.58. The monoisotopic (exact) mass is 308 g/mol. The Kier molecular flexibility index (Phi) is 3.98. The Morgan fingerprint density at radius 1 is 1.22 bits per heavy atom. The van der Waals surface area contributed by atoms with Crippen molar-refractivity contribution in [1.82, 2.24) is 0 Å². The fourth-order valence-electron chi connectivity index (χ4n) is 2.35. The number of hydrogen-bond donors (Lipinski definition) is 0. The highest BCUT2D eigenvalue weighted by Gasteiger charge is 2.27. The molecule has 0 aliphatic carbocycles. The van der Waals surface area contributed by atoms with Crippen LogP contribution in [0.15, 0.2) is 48.2 Å². The van der Waals surface area contributed by atoms with Crippen LogP contribution in [0.1, 0.15) is 28.4 Å². The highest BCUT2D eigenvalue weighted by Crippen LogP contribution is 2.34. The van der Waals surface area contributed by atoms with Crippen LogP contribution < -0.4 is 9.47 Å². The molecule has 2 aromatic carbocycles. The van der Waals surface area contributed by atoms with Gasteiger partial charge in [0.25, 0.3) is 0 Å². The topological polar surface area (TPSA) is 52.6 Å². The van der Waals surface area contributed by atoms with E-state index in [1.807, 2.05) is 31.2 Å². The van der Waals surface area contributed by atoms with E-state index in [2.05, 4.69) is 0 Å². The number of hydrogen-bond acceptors (Lipinski definition) is 4. The van der Waals surface area contributed by atoms with Gasteiger partial charge in [-0.1, -0.05) is 29.8 Å². The number of fused-ring (bicyclic) bond motifs is 1. The first-order valence-electron chi connectivity index (χ1n) is 7.30. The number of carbonyl (C=O) groups excluding carboxylic acids is 2. The van der Waals surface area contributed by atoms with Gasteiger partial charge in [0, 0.05) is 6.07 Å². The highest BCUT2D eigenvalue weighted by atomic mass is 16.5. The van der Waals surface area contributed by atoms with E-state index in [1.165, 1.54) is 6.92 Å². The number of ether oxygens (including phenoxy) is 2. The molecule has 0 atom stereocenters. The molecule has 0 radical (unpaired) electrons. The van der Waals surface area contributed by atoms with Crippen molar-refractivity contribution >= 4 is 17.6 Å². The summed E-state index contributed by atoms with van der Waals surface area (Å²) in [5.41, 5.74) is 2.52. The third-order valence-corrected chi connectivity index (χ3v) is 3.42. The molecular formula is C19H16O4. The molecule has 4 nitrogen and oxygen atoms in total. The normalized spacial score (nSPS) is 14.5. The number of carbonyl (C=O) groups is 2. The van der Waals surface area contributed by atoms with E-state index in [0.29, 0.717) is 17.1 Å². The van der Waals surface area contributed by atoms with Crippen molar-refractivity contribution in [1.29, 1.82) is 0 Å². The van der Waals surface area contributed by atoms with Crippen LogP contribution in [0.4, 0.5) is 0 Å². The summed E-state index contributed by atoms with van der Waals surface area (Å²) in [4.78, 5) is 23.3. The predicted molar refractivity (Wildman–Crippen MR) is 86.7 cm³/mol. The maximum Gasteiger partial charge on any atom is 0.231 e. The lowest BCUT2D eigenvalue weighted by Gasteiger charge is -2.04. The fraction of sp³-hybridized carbons (Fsp3) is 0.158. The Morgan fingerprint density at radius 2 is 2.04 bits per heavy atom. The molecule has 0 fully saturated rings. The van der Waals surface area contributed by atoms with E-state index in [0.717, 1.165) is 11.1 Å². The van der Waals surface area contributed by atoms with Crippen molar-refractivity contribution in [3.8, 4) is 11.5 Å². The summed E-state index contributed by atoms with van der Waals surface area (Å²) < 4.78 is 11.0. The first kappa shape index (κ1) is 15.0. The summed E-state index contributed by atoms with van der Waals surface area (Å²) in [6, 6.07) is 12.8. The zero-order valence-corrected chi connectivity index (χ0v) is 13.0. The van der Waals surface area contributed by atoms with Crippen molar-refractivity contribution in [2.24, 2.45) is 0 Å². The highest BCUT2D eigenvalue weighted by molar-refractivity contribution is 6.14. The SMILES string of the molecule is CC(=O)COc1ccc2c(c1)O/C(=C\c1cccc(C)c1)C2=O. The molecule has 2 aromatic rings. The molecule has 0 aromatic heterocycles. The Bertz CT molecular complexity index is 818. The van der Waals surface area contributed by atoms with E-state index < -0.39 is 0 Å². The van der Waals surface area contributed by atoms with Crippen LogP contribution in [0.3, 0.4) is 0 Å². The molecule has 0 saturated heterocycles. The molecular weight excluding hydrogens is 292 g/mol. The minimum absolute atomic E-state index is 0.00127. The minimum atomic E-state index is -0.153. The zero-order chi connectivity index (χ0) is 16.4. The van der Waals surface area contributed by atoms with Crippen LogP contribution in [-0.2, 0) is 4.79 Å². The van der Waals surface area contributed by atoms with E-state index in [1.54, 1.807) is 24.3 Å². The van der Waals surface area contributed by atoms with E-state index in [4.69, 9.17) is 9.47 Å². The summed E-state index contributed by atoms with van der Waals surface area (Å²) in [6.07, 6.45) is 1.73. The minimum Gasteiger partial charge on any atom is -0.486 e. The zero-order valence-electron chi connectivity index (χ0n) is 13.0. The third kappa shape index (κ3) is 3.31. The van der Waals surface area contributed by atoms with Crippen LogP contribution >= 0.6 is 0 Å². The molecule has 0 saturated carbocycles. The number of allylic oxidation sites excluding steroid dienone is 1. The van der Waals surface area contributed by atoms with Gasteiger partial charge in [-0.15, -0.1) is 0 Å². The first-order chi connectivity index (χ1) is 11.0. The lowest BCUT2D eigenvalue weighted by Crippen LogP contribution is -2.06. The van der Waals surface area contributed by atoms with Crippen LogP contribution in [0.5, 0.6) is 11.5 Å². The lowest BCUT2D eigenvalue weighted by molar-refractivity contribution is -0.118. The average molecular weight is 308 g/mol. The van der Waals surface area contributed by atoms with Crippen molar-refractivity contribution in [3.63, 3.8) is 0 Å². The Balaban J connectivity index is 1.85. The standard InChI is InChI=1S/C19H16O4/c1-12-4-3-5-14(8-12)9-18-19(21)16-7-6-15(10-17(16)23-18)22-11-13(2)20/h3-10H,11H2,1-2H3/b18-9-.